The Morgan fingerprint density at radius 1 is 0.441 bits per heavy atom. The van der Waals surface area contributed by atoms with Crippen LogP contribution in [-0.2, 0) is 0 Å². The lowest BCUT2D eigenvalue weighted by atomic mass is 10.0. The predicted octanol–water partition coefficient (Wildman–Crippen LogP) is 13.8. The van der Waals surface area contributed by atoms with Crippen LogP contribution in [0.1, 0.15) is 36.6 Å². The molecule has 0 aliphatic heterocycles. The summed E-state index contributed by atoms with van der Waals surface area (Å²) in [6, 6.07) is 38.6. The number of aromatic nitrogens is 11. The molecule has 0 aliphatic rings. The molecule has 0 spiro atoms. The van der Waals surface area contributed by atoms with E-state index >= 15 is 0 Å². The zero-order valence-corrected chi connectivity index (χ0v) is 47.4. The van der Waals surface area contributed by atoms with Crippen molar-refractivity contribution in [1.82, 2.24) is 54.3 Å². The first-order chi connectivity index (χ1) is 45.5. The summed E-state index contributed by atoms with van der Waals surface area (Å²) >= 11 is 0. The Bertz CT molecular complexity index is 4870. The number of fused-ring (bicyclic) bond motifs is 3. The van der Waals surface area contributed by atoms with Gasteiger partial charge in [-0.15, -0.1) is 30.7 Å². The van der Waals surface area contributed by atoms with Crippen molar-refractivity contribution in [2.45, 2.75) is 0 Å². The molecule has 6 N–H and O–H groups in total. The van der Waals surface area contributed by atoms with Crippen LogP contribution < -0.4 is 16.0 Å². The van der Waals surface area contributed by atoms with E-state index in [0.29, 0.717) is 38.1 Å². The Morgan fingerprint density at radius 2 is 0.806 bits per heavy atom. The fourth-order valence-corrected chi connectivity index (χ4v) is 9.78. The van der Waals surface area contributed by atoms with Crippen molar-refractivity contribution in [3.05, 3.63) is 234 Å². The van der Waals surface area contributed by atoms with E-state index in [-0.39, 0.29) is 97.1 Å². The number of hydrogen-bond acceptors (Lipinski definition) is 21. The van der Waals surface area contributed by atoms with Gasteiger partial charge in [0.15, 0.2) is 40.5 Å². The number of nitriles is 1. The monoisotopic (exact) mass is 1220 g/mol. The molecule has 0 fully saturated rings. The second kappa shape index (κ2) is 24.6. The van der Waals surface area contributed by atoms with E-state index in [1.807, 2.05) is 6.07 Å². The number of pyridine rings is 1. The van der Waals surface area contributed by atoms with E-state index in [1.165, 1.54) is 100 Å². The largest absolute Gasteiger partial charge is 0.505 e. The van der Waals surface area contributed by atoms with Crippen molar-refractivity contribution < 1.29 is 29.7 Å². The number of nitrogens with zero attached hydrogens (tertiary/aromatic N) is 20. The van der Waals surface area contributed by atoms with Crippen molar-refractivity contribution in [2.24, 2.45) is 30.7 Å². The van der Waals surface area contributed by atoms with Crippen LogP contribution >= 0.6 is 0 Å². The summed E-state index contributed by atoms with van der Waals surface area (Å²) in [7, 11) is 0. The highest BCUT2D eigenvalue weighted by Gasteiger charge is 2.26. The first-order valence-electron chi connectivity index (χ1n) is 27.4. The fourth-order valence-electron chi connectivity index (χ4n) is 9.78. The van der Waals surface area contributed by atoms with E-state index < -0.39 is 35.0 Å². The van der Waals surface area contributed by atoms with Gasteiger partial charge in [-0.3, -0.25) is 14.4 Å². The Morgan fingerprint density at radius 3 is 1.18 bits per heavy atom. The topological polar surface area (TPSA) is 373 Å². The molecule has 6 heterocycles. The summed E-state index contributed by atoms with van der Waals surface area (Å²) in [5.74, 6) is -4.34. The van der Waals surface area contributed by atoms with Crippen LogP contribution in [0.4, 0.5) is 63.0 Å². The molecule has 7 aromatic carbocycles. The van der Waals surface area contributed by atoms with Gasteiger partial charge in [0.2, 0.25) is 0 Å². The molecule has 0 saturated heterocycles. The maximum atomic E-state index is 14.8. The van der Waals surface area contributed by atoms with Crippen molar-refractivity contribution in [3.8, 4) is 41.0 Å². The third-order valence-electron chi connectivity index (χ3n) is 14.1. The van der Waals surface area contributed by atoms with Gasteiger partial charge in [-0.1, -0.05) is 78.9 Å². The minimum absolute atomic E-state index is 0.0195. The second-order valence-electron chi connectivity index (χ2n) is 19.7. The molecule has 0 unspecified atom stereocenters. The molecule has 29 nitrogen and oxygen atoms in total. The summed E-state index contributed by atoms with van der Waals surface area (Å²) in [5, 5.41) is 95.6. The SMILES string of the molecule is [C-]#[N+]c1cnn(-c2ncccn2)c1N=Nc1c(O)c(C(=O)Nc2cc(NC(=O)c3cc4ccccc4c(N=Nc4c(C#N)cnn4-c4ccccn4)c3O)cc(NC(=O)c3cc4ccccc4c(N=Nc4c([N+]#[C-])cnn4-c4ncccn4)c3O)c2)cc2ccccc12. The van der Waals surface area contributed by atoms with Gasteiger partial charge in [-0.05, 0) is 76.8 Å². The number of phenolic OH excluding ortho intramolecular Hbond substituents is 3. The fraction of sp³-hybridized carbons (Fsp3) is 0. The number of carbonyl (C=O) groups is 3. The second-order valence-corrected chi connectivity index (χ2v) is 19.7. The molecule has 0 aliphatic carbocycles. The molecule has 13 rings (SSSR count). The number of nitrogens with one attached hydrogen (secondary N) is 3. The lowest BCUT2D eigenvalue weighted by Crippen LogP contribution is -2.16. The van der Waals surface area contributed by atoms with E-state index in [9.17, 15) is 35.0 Å². The van der Waals surface area contributed by atoms with Crippen LogP contribution in [-0.4, -0.2) is 87.3 Å². The Hall–Kier alpha value is -14.7. The minimum Gasteiger partial charge on any atom is -0.505 e. The minimum atomic E-state index is -0.921. The highest BCUT2D eigenvalue weighted by atomic mass is 16.3. The van der Waals surface area contributed by atoms with Gasteiger partial charge in [0.25, 0.3) is 41.0 Å². The quantitative estimate of drug-likeness (QED) is 0.0410. The third-order valence-corrected chi connectivity index (χ3v) is 14.1. The average molecular weight is 1220 g/mol. The Kier molecular flexibility index (Phi) is 15.2. The van der Waals surface area contributed by atoms with Crippen LogP contribution in [0, 0.1) is 24.5 Å². The number of rotatable bonds is 15. The standard InChI is InChI=1S/C64H37N23O6/c1-66-48-33-74-86(63-69-21-11-22-70-63)58(48)83-80-52-43-17-7-4-14-36(43)26-46(55(52)89)61(92)77-40-28-39(76-60(91)45-25-35-13-3-6-16-42(35)51(54(45)88)79-82-57-38(31-65)32-73-85(57)50-19-9-10-20-68-50)29-41(30-40)78-62(93)47-27-37-15-5-8-18-44(37)53(56(47)90)81-84-59-49(67-2)34-75-87(59)64-71-23-12-24-72-64/h3-30,32-34,88-90H,(H,76,91)(H,77,92)(H,78,93). The highest BCUT2D eigenvalue weighted by molar-refractivity contribution is 6.16. The van der Waals surface area contributed by atoms with Crippen molar-refractivity contribution in [2.75, 3.05) is 16.0 Å². The zero-order valence-electron chi connectivity index (χ0n) is 47.4. The normalized spacial score (nSPS) is 11.3. The molecule has 0 radical (unpaired) electrons. The first kappa shape index (κ1) is 57.4. The number of azo groups is 3. The smallest absolute Gasteiger partial charge is 0.259 e. The third kappa shape index (κ3) is 11.2. The number of benzene rings is 7. The lowest BCUT2D eigenvalue weighted by Gasteiger charge is -2.16. The predicted molar refractivity (Wildman–Crippen MR) is 337 cm³/mol. The van der Waals surface area contributed by atoms with Crippen LogP contribution in [0.3, 0.4) is 0 Å². The van der Waals surface area contributed by atoms with E-state index in [4.69, 9.17) is 13.1 Å². The molecule has 0 bridgehead atoms. The van der Waals surface area contributed by atoms with E-state index in [2.05, 4.69) is 96.5 Å². The van der Waals surface area contributed by atoms with Gasteiger partial charge in [0.05, 0.1) is 48.4 Å². The molecule has 13 aromatic rings. The summed E-state index contributed by atoms with van der Waals surface area (Å²) in [5.41, 5.74) is -1.68. The molecule has 3 amide bonds. The van der Waals surface area contributed by atoms with Crippen LogP contribution in [0.5, 0.6) is 17.2 Å². The Balaban J connectivity index is 0.885. The van der Waals surface area contributed by atoms with Crippen molar-refractivity contribution >= 4 is 113 Å². The molecular formula is C64H37N23O6. The number of phenols is 3. The van der Waals surface area contributed by atoms with Gasteiger partial charge in [-0.2, -0.15) is 34.6 Å². The number of amides is 3. The summed E-state index contributed by atoms with van der Waals surface area (Å²) in [6.07, 6.45) is 11.2. The molecule has 93 heavy (non-hydrogen) atoms. The first-order valence-corrected chi connectivity index (χ1v) is 27.4. The molecule has 0 atom stereocenters. The van der Waals surface area contributed by atoms with Gasteiger partial charge in [0.1, 0.15) is 28.7 Å². The molecular weight excluding hydrogens is 1190 g/mol. The summed E-state index contributed by atoms with van der Waals surface area (Å²) < 4.78 is 3.67. The van der Waals surface area contributed by atoms with Crippen LogP contribution in [0.15, 0.2) is 220 Å². The van der Waals surface area contributed by atoms with E-state index in [1.54, 1.807) is 103 Å². The number of carbonyl (C=O) groups excluding carboxylic acids is 3. The zero-order chi connectivity index (χ0) is 64.1. The van der Waals surface area contributed by atoms with Crippen molar-refractivity contribution in [1.29, 1.82) is 5.26 Å². The summed E-state index contributed by atoms with van der Waals surface area (Å²) in [4.78, 5) is 72.4. The molecule has 0 saturated carbocycles. The van der Waals surface area contributed by atoms with Crippen LogP contribution in [0.2, 0.25) is 0 Å². The van der Waals surface area contributed by atoms with Gasteiger partial charge < -0.3 is 31.3 Å². The molecule has 444 valence electrons. The molecule has 6 aromatic heterocycles. The number of anilines is 3. The number of hydrogen-bond donors (Lipinski definition) is 6. The molecule has 29 heteroatoms. The van der Waals surface area contributed by atoms with E-state index in [0.717, 1.165) is 0 Å². The highest BCUT2D eigenvalue weighted by Crippen LogP contribution is 2.45. The average Bonchev–Trinajstić information content (AvgIpc) is 1.64. The number of aromatic hydroxyl groups is 3. The maximum Gasteiger partial charge on any atom is 0.259 e. The maximum absolute atomic E-state index is 14.8. The van der Waals surface area contributed by atoms with Gasteiger partial charge in [-0.25, -0.2) is 34.6 Å². The Labute approximate surface area is 522 Å². The van der Waals surface area contributed by atoms with Gasteiger partial charge in [0, 0.05) is 64.2 Å². The van der Waals surface area contributed by atoms with Crippen LogP contribution in [0.25, 0.3) is 59.7 Å². The van der Waals surface area contributed by atoms with Gasteiger partial charge >= 0.3 is 0 Å². The summed E-state index contributed by atoms with van der Waals surface area (Å²) in [6.45, 7) is 15.6. The lowest BCUT2D eigenvalue weighted by molar-refractivity contribution is 0.101. The van der Waals surface area contributed by atoms with Crippen molar-refractivity contribution in [3.63, 3.8) is 0 Å².